The lowest BCUT2D eigenvalue weighted by Gasteiger charge is -2.13. The Bertz CT molecular complexity index is 388. The minimum Gasteiger partial charge on any atom is -0.324 e. The van der Waals surface area contributed by atoms with Gasteiger partial charge in [-0.25, -0.2) is 13.2 Å². The van der Waals surface area contributed by atoms with E-state index in [2.05, 4.69) is 6.58 Å². The molecule has 0 amide bonds. The molecule has 0 aliphatic heterocycles. The summed E-state index contributed by atoms with van der Waals surface area (Å²) >= 11 is 0. The van der Waals surface area contributed by atoms with Crippen LogP contribution >= 0.6 is 0 Å². The van der Waals surface area contributed by atoms with Gasteiger partial charge in [0, 0.05) is 11.6 Å². The van der Waals surface area contributed by atoms with Gasteiger partial charge in [-0.15, -0.1) is 6.58 Å². The smallest absolute Gasteiger partial charge is 0.166 e. The second-order valence-corrected chi connectivity index (χ2v) is 3.52. The molecule has 0 spiro atoms. The summed E-state index contributed by atoms with van der Waals surface area (Å²) in [5.41, 5.74) is 5.83. The summed E-state index contributed by atoms with van der Waals surface area (Å²) in [7, 11) is 0. The minimum atomic E-state index is -1.22. The molecule has 1 rings (SSSR count). The van der Waals surface area contributed by atoms with Crippen molar-refractivity contribution in [1.82, 2.24) is 0 Å². The molecule has 15 heavy (non-hydrogen) atoms. The van der Waals surface area contributed by atoms with Crippen LogP contribution in [0.5, 0.6) is 0 Å². The Kier molecular flexibility index (Phi) is 3.52. The Morgan fingerprint density at radius 1 is 1.33 bits per heavy atom. The molecule has 0 aliphatic rings. The van der Waals surface area contributed by atoms with Gasteiger partial charge in [0.2, 0.25) is 0 Å². The van der Waals surface area contributed by atoms with Gasteiger partial charge in [-0.2, -0.15) is 0 Å². The van der Waals surface area contributed by atoms with E-state index in [1.165, 1.54) is 0 Å². The molecule has 1 nitrogen and oxygen atoms in total. The van der Waals surface area contributed by atoms with Crippen LogP contribution in [0.2, 0.25) is 0 Å². The first-order valence-electron chi connectivity index (χ1n) is 4.46. The number of rotatable bonds is 3. The largest absolute Gasteiger partial charge is 0.324 e. The molecular weight excluding hydrogens is 203 g/mol. The van der Waals surface area contributed by atoms with Crippen LogP contribution in [0.1, 0.15) is 24.9 Å². The predicted molar refractivity (Wildman–Crippen MR) is 52.7 cm³/mol. The average Bonchev–Trinajstić information content (AvgIpc) is 2.11. The van der Waals surface area contributed by atoms with E-state index in [-0.39, 0.29) is 6.42 Å². The summed E-state index contributed by atoms with van der Waals surface area (Å²) in [6, 6.07) is 0.700. The normalized spacial score (nSPS) is 12.6. The van der Waals surface area contributed by atoms with E-state index < -0.39 is 29.1 Å². The monoisotopic (exact) mass is 215 g/mol. The van der Waals surface area contributed by atoms with Crippen LogP contribution in [0, 0.1) is 17.5 Å². The van der Waals surface area contributed by atoms with E-state index in [1.54, 1.807) is 6.92 Å². The summed E-state index contributed by atoms with van der Waals surface area (Å²) < 4.78 is 39.3. The fourth-order valence-electron chi connectivity index (χ4n) is 1.36. The van der Waals surface area contributed by atoms with Crippen molar-refractivity contribution >= 4 is 0 Å². The Hall–Kier alpha value is -1.29. The van der Waals surface area contributed by atoms with Gasteiger partial charge in [-0.3, -0.25) is 0 Å². The Morgan fingerprint density at radius 2 is 1.87 bits per heavy atom. The molecule has 0 saturated carbocycles. The molecule has 1 aromatic carbocycles. The SMILES string of the molecule is C=C(C)C[C@@H](N)c1c(F)ccc(F)c1F. The lowest BCUT2D eigenvalue weighted by Crippen LogP contribution is -2.15. The van der Waals surface area contributed by atoms with Crippen LogP contribution in [-0.4, -0.2) is 0 Å². The maximum atomic E-state index is 13.2. The van der Waals surface area contributed by atoms with Gasteiger partial charge in [0.1, 0.15) is 5.82 Å². The molecule has 0 bridgehead atoms. The molecule has 4 heteroatoms. The first kappa shape index (κ1) is 11.8. The highest BCUT2D eigenvalue weighted by Crippen LogP contribution is 2.25. The predicted octanol–water partition coefficient (Wildman–Crippen LogP) is 3.07. The maximum absolute atomic E-state index is 13.2. The number of halogens is 3. The highest BCUT2D eigenvalue weighted by Gasteiger charge is 2.19. The molecule has 0 aliphatic carbocycles. The van der Waals surface area contributed by atoms with E-state index in [9.17, 15) is 13.2 Å². The number of nitrogens with two attached hydrogens (primary N) is 1. The van der Waals surface area contributed by atoms with Crippen LogP contribution < -0.4 is 5.73 Å². The van der Waals surface area contributed by atoms with E-state index >= 15 is 0 Å². The number of hydrogen-bond donors (Lipinski definition) is 1. The van der Waals surface area contributed by atoms with Gasteiger partial charge in [0.15, 0.2) is 11.6 Å². The minimum absolute atomic E-state index is 0.220. The van der Waals surface area contributed by atoms with Crippen LogP contribution in [0.4, 0.5) is 13.2 Å². The average molecular weight is 215 g/mol. The van der Waals surface area contributed by atoms with Gasteiger partial charge < -0.3 is 5.73 Å². The fraction of sp³-hybridized carbons (Fsp3) is 0.273. The zero-order chi connectivity index (χ0) is 11.6. The van der Waals surface area contributed by atoms with Gasteiger partial charge in [-0.05, 0) is 25.5 Å². The van der Waals surface area contributed by atoms with E-state index in [0.717, 1.165) is 12.1 Å². The topological polar surface area (TPSA) is 26.0 Å². The fourth-order valence-corrected chi connectivity index (χ4v) is 1.36. The Labute approximate surface area is 86.4 Å². The van der Waals surface area contributed by atoms with E-state index in [0.29, 0.717) is 5.57 Å². The first-order valence-corrected chi connectivity index (χ1v) is 4.46. The maximum Gasteiger partial charge on any atom is 0.166 e. The van der Waals surface area contributed by atoms with Crippen molar-refractivity contribution in [2.24, 2.45) is 5.73 Å². The van der Waals surface area contributed by atoms with Crippen molar-refractivity contribution in [2.45, 2.75) is 19.4 Å². The van der Waals surface area contributed by atoms with Crippen LogP contribution in [0.25, 0.3) is 0 Å². The third-order valence-corrected chi connectivity index (χ3v) is 2.02. The molecule has 1 atom stereocenters. The van der Waals surface area contributed by atoms with Crippen molar-refractivity contribution in [3.05, 3.63) is 47.3 Å². The molecule has 0 saturated heterocycles. The van der Waals surface area contributed by atoms with E-state index in [1.807, 2.05) is 0 Å². The second kappa shape index (κ2) is 4.49. The molecule has 82 valence electrons. The molecular formula is C11H12F3N. The van der Waals surface area contributed by atoms with Crippen LogP contribution in [0.3, 0.4) is 0 Å². The zero-order valence-corrected chi connectivity index (χ0v) is 8.36. The zero-order valence-electron chi connectivity index (χ0n) is 8.36. The van der Waals surface area contributed by atoms with Gasteiger partial charge in [0.25, 0.3) is 0 Å². The van der Waals surface area contributed by atoms with Crippen molar-refractivity contribution in [3.8, 4) is 0 Å². The Balaban J connectivity index is 3.12. The van der Waals surface area contributed by atoms with Crippen LogP contribution in [-0.2, 0) is 0 Å². The lowest BCUT2D eigenvalue weighted by molar-refractivity contribution is 0.464. The highest BCUT2D eigenvalue weighted by molar-refractivity contribution is 5.25. The lowest BCUT2D eigenvalue weighted by atomic mass is 10.00. The first-order chi connectivity index (χ1) is 6.93. The van der Waals surface area contributed by atoms with Crippen molar-refractivity contribution in [2.75, 3.05) is 0 Å². The molecule has 2 N–H and O–H groups in total. The quantitative estimate of drug-likeness (QED) is 0.608. The Morgan fingerprint density at radius 3 is 2.40 bits per heavy atom. The van der Waals surface area contributed by atoms with Crippen molar-refractivity contribution in [1.29, 1.82) is 0 Å². The molecule has 1 aromatic rings. The molecule has 0 radical (unpaired) electrons. The third kappa shape index (κ3) is 2.59. The summed E-state index contributed by atoms with van der Waals surface area (Å²) in [6.07, 6.45) is 0.220. The number of benzene rings is 1. The molecule has 0 fully saturated rings. The summed E-state index contributed by atoms with van der Waals surface area (Å²) in [4.78, 5) is 0. The highest BCUT2D eigenvalue weighted by atomic mass is 19.2. The molecule has 0 heterocycles. The number of hydrogen-bond acceptors (Lipinski definition) is 1. The standard InChI is InChI=1S/C11H12F3N/c1-6(2)5-9(15)10-7(12)3-4-8(13)11(10)14/h3-4,9H,1,5,15H2,2H3/t9-/m1/s1. The van der Waals surface area contributed by atoms with Gasteiger partial charge in [0.05, 0.1) is 0 Å². The van der Waals surface area contributed by atoms with Crippen molar-refractivity contribution in [3.63, 3.8) is 0 Å². The van der Waals surface area contributed by atoms with E-state index in [4.69, 9.17) is 5.73 Å². The summed E-state index contributed by atoms with van der Waals surface area (Å²) in [5, 5.41) is 0. The van der Waals surface area contributed by atoms with Crippen LogP contribution in [0.15, 0.2) is 24.3 Å². The summed E-state index contributed by atoms with van der Waals surface area (Å²) in [5.74, 6) is -3.14. The van der Waals surface area contributed by atoms with Gasteiger partial charge in [-0.1, -0.05) is 5.57 Å². The third-order valence-electron chi connectivity index (χ3n) is 2.02. The van der Waals surface area contributed by atoms with Crippen molar-refractivity contribution < 1.29 is 13.2 Å². The summed E-state index contributed by atoms with van der Waals surface area (Å²) in [6.45, 7) is 5.27. The molecule has 0 aromatic heterocycles. The second-order valence-electron chi connectivity index (χ2n) is 3.52. The van der Waals surface area contributed by atoms with Gasteiger partial charge >= 0.3 is 0 Å². The molecule has 0 unspecified atom stereocenters.